The van der Waals surface area contributed by atoms with Gasteiger partial charge in [0.25, 0.3) is 0 Å². The maximum absolute atomic E-state index is 10.1. The summed E-state index contributed by atoms with van der Waals surface area (Å²) in [5.74, 6) is 1.00. The van der Waals surface area contributed by atoms with Crippen molar-refractivity contribution in [3.63, 3.8) is 0 Å². The van der Waals surface area contributed by atoms with E-state index in [1.165, 1.54) is 30.0 Å². The predicted molar refractivity (Wildman–Crippen MR) is 113 cm³/mol. The van der Waals surface area contributed by atoms with Crippen molar-refractivity contribution < 1.29 is 10.2 Å². The lowest BCUT2D eigenvalue weighted by Gasteiger charge is -2.29. The number of aromatic nitrogens is 2. The average molecular weight is 375 g/mol. The van der Waals surface area contributed by atoms with E-state index < -0.39 is 0 Å². The van der Waals surface area contributed by atoms with Crippen molar-refractivity contribution in [2.45, 2.75) is 39.4 Å². The van der Waals surface area contributed by atoms with Crippen LogP contribution in [0, 0.1) is 6.92 Å². The molecule has 2 N–H and O–H groups in total. The van der Waals surface area contributed by atoms with Gasteiger partial charge in [0, 0.05) is 40.7 Å². The Hall–Kier alpha value is -2.63. The second-order valence-electron chi connectivity index (χ2n) is 7.74. The summed E-state index contributed by atoms with van der Waals surface area (Å²) < 4.78 is 1.93. The SMILES string of the molecule is Cc1c(CO)c(CO)c2c3cc4ccccc4cc3c(N3CCCCC3)nn12. The monoisotopic (exact) mass is 375 g/mol. The Morgan fingerprint density at radius 3 is 2.18 bits per heavy atom. The molecule has 2 aromatic heterocycles. The van der Waals surface area contributed by atoms with Gasteiger partial charge >= 0.3 is 0 Å². The number of hydrogen-bond donors (Lipinski definition) is 2. The number of anilines is 1. The Morgan fingerprint density at radius 1 is 0.893 bits per heavy atom. The largest absolute Gasteiger partial charge is 0.392 e. The number of hydrogen-bond acceptors (Lipinski definition) is 4. The number of nitrogens with zero attached hydrogens (tertiary/aromatic N) is 3. The number of aliphatic hydroxyl groups is 2. The van der Waals surface area contributed by atoms with Crippen molar-refractivity contribution in [3.8, 4) is 0 Å². The van der Waals surface area contributed by atoms with E-state index in [4.69, 9.17) is 5.10 Å². The molecule has 1 aliphatic rings. The van der Waals surface area contributed by atoms with E-state index in [9.17, 15) is 10.2 Å². The molecule has 3 heterocycles. The molecular weight excluding hydrogens is 350 g/mol. The summed E-state index contributed by atoms with van der Waals surface area (Å²) in [6, 6.07) is 12.8. The number of fused-ring (bicyclic) bond motifs is 4. The van der Waals surface area contributed by atoms with E-state index in [-0.39, 0.29) is 13.2 Å². The van der Waals surface area contributed by atoms with Gasteiger partial charge in [-0.05, 0) is 49.1 Å². The van der Waals surface area contributed by atoms with Crippen molar-refractivity contribution in [1.82, 2.24) is 9.61 Å². The highest BCUT2D eigenvalue weighted by atomic mass is 16.3. The summed E-state index contributed by atoms with van der Waals surface area (Å²) in [5.41, 5.74) is 3.36. The Bertz CT molecular complexity index is 1190. The molecule has 0 aliphatic carbocycles. The number of rotatable bonds is 3. The minimum atomic E-state index is -0.111. The summed E-state index contributed by atoms with van der Waals surface area (Å²) in [6.07, 6.45) is 3.64. The van der Waals surface area contributed by atoms with E-state index in [0.29, 0.717) is 0 Å². The highest BCUT2D eigenvalue weighted by molar-refractivity contribution is 6.10. The number of aliphatic hydroxyl groups excluding tert-OH is 2. The number of aryl methyl sites for hydroxylation is 1. The lowest BCUT2D eigenvalue weighted by molar-refractivity contribution is 0.261. The van der Waals surface area contributed by atoms with Crippen LogP contribution in [0.15, 0.2) is 36.4 Å². The van der Waals surface area contributed by atoms with Crippen molar-refractivity contribution in [3.05, 3.63) is 53.2 Å². The molecule has 0 bridgehead atoms. The second-order valence-corrected chi connectivity index (χ2v) is 7.74. The number of benzene rings is 2. The summed E-state index contributed by atoms with van der Waals surface area (Å²) in [4.78, 5) is 2.39. The normalized spacial score (nSPS) is 15.2. The lowest BCUT2D eigenvalue weighted by Crippen LogP contribution is -2.30. The first-order valence-corrected chi connectivity index (χ1v) is 10.0. The average Bonchev–Trinajstić information content (AvgIpc) is 3.03. The van der Waals surface area contributed by atoms with Crippen LogP contribution in [0.5, 0.6) is 0 Å². The summed E-state index contributed by atoms with van der Waals surface area (Å²) >= 11 is 0. The van der Waals surface area contributed by atoms with Gasteiger partial charge in [-0.2, -0.15) is 0 Å². The second kappa shape index (κ2) is 6.76. The molecule has 1 saturated heterocycles. The molecule has 28 heavy (non-hydrogen) atoms. The molecule has 0 amide bonds. The zero-order valence-corrected chi connectivity index (χ0v) is 16.1. The molecule has 144 valence electrons. The molecule has 0 spiro atoms. The number of piperidine rings is 1. The van der Waals surface area contributed by atoms with Crippen LogP contribution in [0.25, 0.3) is 27.1 Å². The van der Waals surface area contributed by atoms with Crippen LogP contribution in [0.1, 0.15) is 36.1 Å². The molecule has 5 rings (SSSR count). The van der Waals surface area contributed by atoms with Gasteiger partial charge < -0.3 is 15.1 Å². The van der Waals surface area contributed by atoms with E-state index >= 15 is 0 Å². The van der Waals surface area contributed by atoms with Crippen molar-refractivity contribution in [1.29, 1.82) is 0 Å². The Labute approximate surface area is 163 Å². The van der Waals surface area contributed by atoms with E-state index in [1.54, 1.807) is 0 Å². The molecule has 5 nitrogen and oxygen atoms in total. The lowest BCUT2D eigenvalue weighted by atomic mass is 10.0. The van der Waals surface area contributed by atoms with E-state index in [2.05, 4.69) is 35.2 Å². The standard InChI is InChI=1S/C23H25N3O2/c1-15-20(13-27)21(14-28)22-18-11-16-7-3-4-8-17(16)12-19(18)23(24-26(15)22)25-9-5-2-6-10-25/h3-4,7-8,11-12,27-28H,2,5-6,9-10,13-14H2,1H3. The van der Waals surface area contributed by atoms with Gasteiger partial charge in [-0.3, -0.25) is 0 Å². The molecular formula is C23H25N3O2. The van der Waals surface area contributed by atoms with Gasteiger partial charge in [-0.1, -0.05) is 24.3 Å². The molecule has 0 saturated carbocycles. The maximum Gasteiger partial charge on any atom is 0.157 e. The predicted octanol–water partition coefficient (Wildman–Crippen LogP) is 3.92. The zero-order valence-electron chi connectivity index (χ0n) is 16.1. The van der Waals surface area contributed by atoms with Gasteiger partial charge in [-0.15, -0.1) is 5.10 Å². The minimum absolute atomic E-state index is 0.0980. The van der Waals surface area contributed by atoms with Crippen molar-refractivity contribution in [2.75, 3.05) is 18.0 Å². The van der Waals surface area contributed by atoms with Gasteiger partial charge in [0.15, 0.2) is 5.82 Å². The first-order valence-electron chi connectivity index (χ1n) is 10.0. The third-order valence-corrected chi connectivity index (χ3v) is 6.16. The smallest absolute Gasteiger partial charge is 0.157 e. The van der Waals surface area contributed by atoms with Gasteiger partial charge in [0.2, 0.25) is 0 Å². The zero-order chi connectivity index (χ0) is 19.3. The van der Waals surface area contributed by atoms with Crippen LogP contribution in [-0.2, 0) is 13.2 Å². The third-order valence-electron chi connectivity index (χ3n) is 6.16. The quantitative estimate of drug-likeness (QED) is 0.533. The van der Waals surface area contributed by atoms with Crippen molar-refractivity contribution in [2.24, 2.45) is 0 Å². The first kappa shape index (κ1) is 17.5. The molecule has 4 aromatic rings. The fraction of sp³-hybridized carbons (Fsp3) is 0.348. The topological polar surface area (TPSA) is 61.0 Å². The molecule has 1 fully saturated rings. The van der Waals surface area contributed by atoms with E-state index in [0.717, 1.165) is 52.0 Å². The van der Waals surface area contributed by atoms with Crippen molar-refractivity contribution >= 4 is 32.9 Å². The molecule has 1 aliphatic heterocycles. The van der Waals surface area contributed by atoms with Crippen LogP contribution >= 0.6 is 0 Å². The fourth-order valence-electron chi connectivity index (χ4n) is 4.68. The Kier molecular flexibility index (Phi) is 4.22. The highest BCUT2D eigenvalue weighted by Crippen LogP contribution is 2.37. The van der Waals surface area contributed by atoms with Gasteiger partial charge in [0.1, 0.15) is 0 Å². The molecule has 5 heteroatoms. The maximum atomic E-state index is 10.1. The molecule has 0 radical (unpaired) electrons. The Morgan fingerprint density at radius 2 is 1.54 bits per heavy atom. The minimum Gasteiger partial charge on any atom is -0.392 e. The molecule has 0 atom stereocenters. The van der Waals surface area contributed by atoms with Crippen LogP contribution in [-0.4, -0.2) is 32.9 Å². The first-order chi connectivity index (χ1) is 13.7. The van der Waals surface area contributed by atoms with Gasteiger partial charge in [-0.25, -0.2) is 4.52 Å². The van der Waals surface area contributed by atoms with Crippen LogP contribution in [0.2, 0.25) is 0 Å². The summed E-state index contributed by atoms with van der Waals surface area (Å²) in [5, 5.41) is 29.6. The summed E-state index contributed by atoms with van der Waals surface area (Å²) in [7, 11) is 0. The van der Waals surface area contributed by atoms with Crippen LogP contribution < -0.4 is 4.90 Å². The Balaban J connectivity index is 1.94. The fourth-order valence-corrected chi connectivity index (χ4v) is 4.68. The molecule has 0 unspecified atom stereocenters. The van der Waals surface area contributed by atoms with E-state index in [1.807, 2.05) is 17.5 Å². The third kappa shape index (κ3) is 2.50. The highest BCUT2D eigenvalue weighted by Gasteiger charge is 2.23. The van der Waals surface area contributed by atoms with Crippen LogP contribution in [0.4, 0.5) is 5.82 Å². The van der Waals surface area contributed by atoms with Crippen LogP contribution in [0.3, 0.4) is 0 Å². The van der Waals surface area contributed by atoms with Gasteiger partial charge in [0.05, 0.1) is 18.7 Å². The molecule has 2 aromatic carbocycles. The summed E-state index contributed by atoms with van der Waals surface area (Å²) in [6.45, 7) is 3.79.